The van der Waals surface area contributed by atoms with Gasteiger partial charge in [-0.25, -0.2) is 4.98 Å². The van der Waals surface area contributed by atoms with Gasteiger partial charge in [-0.05, 0) is 25.0 Å². The maximum Gasteiger partial charge on any atom is 0.258 e. The molecule has 0 saturated heterocycles. The molecule has 1 aliphatic carbocycles. The standard InChI is InChI=1S/C11H12N4O/c12-9-6-8(4-5-13-9)11-14-10(15-16-11)7-2-1-3-7/h4-7H,1-3H2,(H2,12,13). The second kappa shape index (κ2) is 3.59. The van der Waals surface area contributed by atoms with Crippen molar-refractivity contribution >= 4 is 5.82 Å². The second-order valence-electron chi connectivity index (χ2n) is 4.05. The summed E-state index contributed by atoms with van der Waals surface area (Å²) in [6.07, 6.45) is 5.23. The maximum atomic E-state index is 5.60. The van der Waals surface area contributed by atoms with Crippen LogP contribution in [0.1, 0.15) is 31.0 Å². The van der Waals surface area contributed by atoms with E-state index in [1.54, 1.807) is 12.3 Å². The third-order valence-electron chi connectivity index (χ3n) is 2.94. The molecule has 0 atom stereocenters. The molecule has 2 heterocycles. The van der Waals surface area contributed by atoms with Crippen molar-refractivity contribution in [1.29, 1.82) is 0 Å². The summed E-state index contributed by atoms with van der Waals surface area (Å²) in [5.41, 5.74) is 6.42. The van der Waals surface area contributed by atoms with Gasteiger partial charge in [-0.15, -0.1) is 0 Å². The zero-order valence-electron chi connectivity index (χ0n) is 8.76. The minimum absolute atomic E-state index is 0.459. The summed E-state index contributed by atoms with van der Waals surface area (Å²) in [4.78, 5) is 8.31. The van der Waals surface area contributed by atoms with Crippen molar-refractivity contribution in [3.63, 3.8) is 0 Å². The van der Waals surface area contributed by atoms with Crippen LogP contribution in [0.15, 0.2) is 22.9 Å². The van der Waals surface area contributed by atoms with Gasteiger partial charge in [-0.3, -0.25) is 0 Å². The van der Waals surface area contributed by atoms with Gasteiger partial charge in [-0.1, -0.05) is 11.6 Å². The summed E-state index contributed by atoms with van der Waals surface area (Å²) in [5, 5.41) is 4.00. The molecule has 5 nitrogen and oxygen atoms in total. The van der Waals surface area contributed by atoms with Gasteiger partial charge in [0.1, 0.15) is 5.82 Å². The highest BCUT2D eigenvalue weighted by atomic mass is 16.5. The van der Waals surface area contributed by atoms with E-state index < -0.39 is 0 Å². The molecule has 2 N–H and O–H groups in total. The molecule has 5 heteroatoms. The molecule has 0 spiro atoms. The third kappa shape index (κ3) is 1.54. The average Bonchev–Trinajstić information content (AvgIpc) is 2.64. The monoisotopic (exact) mass is 216 g/mol. The fraction of sp³-hybridized carbons (Fsp3) is 0.364. The summed E-state index contributed by atoms with van der Waals surface area (Å²) in [5.74, 6) is 2.28. The van der Waals surface area contributed by atoms with Gasteiger partial charge >= 0.3 is 0 Å². The molecule has 3 rings (SSSR count). The van der Waals surface area contributed by atoms with Crippen LogP contribution in [0.4, 0.5) is 5.82 Å². The molecule has 1 saturated carbocycles. The van der Waals surface area contributed by atoms with E-state index in [2.05, 4.69) is 15.1 Å². The number of anilines is 1. The lowest BCUT2D eigenvalue weighted by Gasteiger charge is -2.20. The number of nitrogens with zero attached hydrogens (tertiary/aromatic N) is 3. The topological polar surface area (TPSA) is 77.8 Å². The number of hydrogen-bond donors (Lipinski definition) is 1. The van der Waals surface area contributed by atoms with Crippen LogP contribution in [-0.2, 0) is 0 Å². The molecule has 16 heavy (non-hydrogen) atoms. The van der Waals surface area contributed by atoms with Crippen LogP contribution in [0.25, 0.3) is 11.5 Å². The van der Waals surface area contributed by atoms with Crippen molar-refractivity contribution in [3.8, 4) is 11.5 Å². The first-order valence-corrected chi connectivity index (χ1v) is 5.38. The predicted octanol–water partition coefficient (Wildman–Crippen LogP) is 1.98. The normalized spacial score (nSPS) is 16.0. The lowest BCUT2D eigenvalue weighted by atomic mass is 9.85. The molecule has 0 radical (unpaired) electrons. The molecule has 0 unspecified atom stereocenters. The number of rotatable bonds is 2. The number of aromatic nitrogens is 3. The van der Waals surface area contributed by atoms with Crippen LogP contribution in [0, 0.1) is 0 Å². The van der Waals surface area contributed by atoms with Gasteiger partial charge in [0.2, 0.25) is 0 Å². The van der Waals surface area contributed by atoms with Gasteiger partial charge in [0.25, 0.3) is 5.89 Å². The first-order chi connectivity index (χ1) is 7.83. The quantitative estimate of drug-likeness (QED) is 0.830. The average molecular weight is 216 g/mol. The van der Waals surface area contributed by atoms with E-state index in [0.717, 1.165) is 24.2 Å². The zero-order chi connectivity index (χ0) is 11.0. The van der Waals surface area contributed by atoms with Crippen LogP contribution >= 0.6 is 0 Å². The highest BCUT2D eigenvalue weighted by molar-refractivity contribution is 5.56. The Hall–Kier alpha value is -1.91. The van der Waals surface area contributed by atoms with Crippen LogP contribution in [0.2, 0.25) is 0 Å². The Labute approximate surface area is 92.7 Å². The van der Waals surface area contributed by atoms with E-state index in [0.29, 0.717) is 17.6 Å². The van der Waals surface area contributed by atoms with Crippen molar-refractivity contribution in [2.45, 2.75) is 25.2 Å². The van der Waals surface area contributed by atoms with Crippen molar-refractivity contribution in [2.24, 2.45) is 0 Å². The van der Waals surface area contributed by atoms with Gasteiger partial charge in [0, 0.05) is 17.7 Å². The molecule has 82 valence electrons. The Balaban J connectivity index is 1.91. The van der Waals surface area contributed by atoms with E-state index in [1.807, 2.05) is 6.07 Å². The summed E-state index contributed by atoms with van der Waals surface area (Å²) < 4.78 is 5.22. The first-order valence-electron chi connectivity index (χ1n) is 5.38. The molecule has 2 aromatic heterocycles. The van der Waals surface area contributed by atoms with Gasteiger partial charge < -0.3 is 10.3 Å². The lowest BCUT2D eigenvalue weighted by Crippen LogP contribution is -2.10. The largest absolute Gasteiger partial charge is 0.384 e. The molecule has 1 fully saturated rings. The fourth-order valence-electron chi connectivity index (χ4n) is 1.77. The minimum atomic E-state index is 0.459. The van der Waals surface area contributed by atoms with Crippen LogP contribution in [0.5, 0.6) is 0 Å². The number of hydrogen-bond acceptors (Lipinski definition) is 5. The van der Waals surface area contributed by atoms with E-state index >= 15 is 0 Å². The molecular formula is C11H12N4O. The van der Waals surface area contributed by atoms with Crippen LogP contribution in [-0.4, -0.2) is 15.1 Å². The Morgan fingerprint density at radius 2 is 2.25 bits per heavy atom. The molecule has 1 aliphatic rings. The number of pyridine rings is 1. The Morgan fingerprint density at radius 3 is 2.94 bits per heavy atom. The van der Waals surface area contributed by atoms with Crippen molar-refractivity contribution in [1.82, 2.24) is 15.1 Å². The zero-order valence-corrected chi connectivity index (χ0v) is 8.76. The lowest BCUT2D eigenvalue weighted by molar-refractivity contribution is 0.366. The van der Waals surface area contributed by atoms with Crippen molar-refractivity contribution in [3.05, 3.63) is 24.2 Å². The van der Waals surface area contributed by atoms with E-state index in [1.165, 1.54) is 6.42 Å². The van der Waals surface area contributed by atoms with E-state index in [4.69, 9.17) is 10.3 Å². The second-order valence-corrected chi connectivity index (χ2v) is 4.05. The predicted molar refractivity (Wildman–Crippen MR) is 58.5 cm³/mol. The van der Waals surface area contributed by atoms with E-state index in [-0.39, 0.29) is 0 Å². The Kier molecular flexibility index (Phi) is 2.09. The molecule has 0 aromatic carbocycles. The summed E-state index contributed by atoms with van der Waals surface area (Å²) in [6, 6.07) is 3.55. The summed E-state index contributed by atoms with van der Waals surface area (Å²) in [7, 11) is 0. The SMILES string of the molecule is Nc1cc(-c2nc(C3CCC3)no2)ccn1. The Bertz CT molecular complexity index is 504. The minimum Gasteiger partial charge on any atom is -0.384 e. The maximum absolute atomic E-state index is 5.60. The van der Waals surface area contributed by atoms with Crippen LogP contribution < -0.4 is 5.73 Å². The molecular weight excluding hydrogens is 204 g/mol. The molecule has 0 aliphatic heterocycles. The van der Waals surface area contributed by atoms with Gasteiger partial charge in [-0.2, -0.15) is 4.98 Å². The summed E-state index contributed by atoms with van der Waals surface area (Å²) >= 11 is 0. The van der Waals surface area contributed by atoms with Gasteiger partial charge in [0.15, 0.2) is 5.82 Å². The van der Waals surface area contributed by atoms with Gasteiger partial charge in [0.05, 0.1) is 0 Å². The number of nitrogen functional groups attached to an aromatic ring is 1. The summed E-state index contributed by atoms with van der Waals surface area (Å²) in [6.45, 7) is 0. The van der Waals surface area contributed by atoms with Crippen LogP contribution in [0.3, 0.4) is 0 Å². The molecule has 0 bridgehead atoms. The smallest absolute Gasteiger partial charge is 0.258 e. The first kappa shape index (κ1) is 9.33. The Morgan fingerprint density at radius 1 is 1.38 bits per heavy atom. The highest BCUT2D eigenvalue weighted by Crippen LogP contribution is 2.35. The molecule has 2 aromatic rings. The highest BCUT2D eigenvalue weighted by Gasteiger charge is 2.24. The third-order valence-corrected chi connectivity index (χ3v) is 2.94. The van der Waals surface area contributed by atoms with Crippen molar-refractivity contribution in [2.75, 3.05) is 5.73 Å². The van der Waals surface area contributed by atoms with Crippen molar-refractivity contribution < 1.29 is 4.52 Å². The van der Waals surface area contributed by atoms with E-state index in [9.17, 15) is 0 Å². The number of nitrogens with two attached hydrogens (primary N) is 1. The fourth-order valence-corrected chi connectivity index (χ4v) is 1.77. The molecule has 0 amide bonds.